The average molecular weight is 257 g/mol. The maximum absolute atomic E-state index is 5.95. The summed E-state index contributed by atoms with van der Waals surface area (Å²) in [6, 6.07) is 3.41. The first-order valence-corrected chi connectivity index (χ1v) is 5.41. The molecule has 0 aromatic heterocycles. The lowest BCUT2D eigenvalue weighted by molar-refractivity contribution is 0.703. The number of benzene rings is 1. The Balaban J connectivity index is 3.01. The van der Waals surface area contributed by atoms with E-state index < -0.39 is 0 Å². The van der Waals surface area contributed by atoms with E-state index in [4.69, 9.17) is 34.8 Å². The molecule has 0 unspecified atom stereocenters. The number of halogens is 3. The molecule has 5 heteroatoms. The third-order valence-corrected chi connectivity index (χ3v) is 3.30. The van der Waals surface area contributed by atoms with Crippen molar-refractivity contribution in [2.75, 3.05) is 14.1 Å². The summed E-state index contributed by atoms with van der Waals surface area (Å²) in [6.07, 6.45) is 0. The number of hydrogen-bond acceptors (Lipinski definition) is 2. The summed E-state index contributed by atoms with van der Waals surface area (Å²) < 4.78 is 1.94. The first kappa shape index (κ1) is 11.5. The number of rotatable bonds is 2. The lowest BCUT2D eigenvalue weighted by atomic mass is 10.4. The smallest absolute Gasteiger partial charge is 0.0607 e. The lowest BCUT2D eigenvalue weighted by Gasteiger charge is -2.10. The first-order chi connectivity index (χ1) is 6.00. The van der Waals surface area contributed by atoms with E-state index >= 15 is 0 Å². The molecule has 0 saturated carbocycles. The predicted molar refractivity (Wildman–Crippen MR) is 61.0 cm³/mol. The van der Waals surface area contributed by atoms with Gasteiger partial charge in [-0.15, -0.1) is 0 Å². The Hall–Kier alpha value is 0.400. The van der Waals surface area contributed by atoms with Crippen LogP contribution in [-0.2, 0) is 0 Å². The minimum absolute atomic E-state index is 0.481. The van der Waals surface area contributed by atoms with Crippen LogP contribution in [0.3, 0.4) is 0 Å². The molecule has 0 radical (unpaired) electrons. The molecule has 1 rings (SSSR count). The molecule has 1 aromatic rings. The summed E-state index contributed by atoms with van der Waals surface area (Å²) in [5.41, 5.74) is 0. The second-order valence-electron chi connectivity index (χ2n) is 2.60. The van der Waals surface area contributed by atoms with Crippen LogP contribution in [-0.4, -0.2) is 18.4 Å². The molecule has 0 spiro atoms. The van der Waals surface area contributed by atoms with Crippen molar-refractivity contribution >= 4 is 46.8 Å². The molecule has 0 aliphatic carbocycles. The Morgan fingerprint density at radius 3 is 2.08 bits per heavy atom. The maximum Gasteiger partial charge on any atom is 0.0607 e. The van der Waals surface area contributed by atoms with Gasteiger partial charge in [0.05, 0.1) is 15.1 Å². The molecule has 1 nitrogen and oxygen atoms in total. The second kappa shape index (κ2) is 4.76. The van der Waals surface area contributed by atoms with Crippen molar-refractivity contribution in [1.29, 1.82) is 0 Å². The molecule has 0 N–H and O–H groups in total. The minimum Gasteiger partial charge on any atom is -0.253 e. The molecule has 72 valence electrons. The van der Waals surface area contributed by atoms with Crippen LogP contribution in [0.2, 0.25) is 15.1 Å². The largest absolute Gasteiger partial charge is 0.253 e. The average Bonchev–Trinajstić information content (AvgIpc) is 1.99. The zero-order valence-electron chi connectivity index (χ0n) is 7.14. The van der Waals surface area contributed by atoms with E-state index in [1.54, 1.807) is 12.1 Å². The van der Waals surface area contributed by atoms with Gasteiger partial charge in [-0.3, -0.25) is 4.31 Å². The molecule has 13 heavy (non-hydrogen) atoms. The van der Waals surface area contributed by atoms with Gasteiger partial charge in [-0.25, -0.2) is 0 Å². The highest BCUT2D eigenvalue weighted by Gasteiger charge is 2.07. The number of hydrogen-bond donors (Lipinski definition) is 0. The van der Waals surface area contributed by atoms with Gasteiger partial charge in [0, 0.05) is 4.90 Å². The van der Waals surface area contributed by atoms with Gasteiger partial charge in [0.25, 0.3) is 0 Å². The summed E-state index contributed by atoms with van der Waals surface area (Å²) in [4.78, 5) is 0.904. The van der Waals surface area contributed by atoms with E-state index in [-0.39, 0.29) is 0 Å². The van der Waals surface area contributed by atoms with E-state index in [0.29, 0.717) is 15.1 Å². The van der Waals surface area contributed by atoms with Gasteiger partial charge < -0.3 is 0 Å². The Kier molecular flexibility index (Phi) is 4.20. The molecule has 0 amide bonds. The standard InChI is InChI=1S/C8H8Cl3NS/c1-12(2)13-8-4-6(10)5(9)3-7(8)11/h3-4H,1-2H3. The maximum atomic E-state index is 5.95. The minimum atomic E-state index is 0.481. The van der Waals surface area contributed by atoms with Crippen molar-refractivity contribution in [3.63, 3.8) is 0 Å². The zero-order chi connectivity index (χ0) is 10.0. The van der Waals surface area contributed by atoms with Crippen LogP contribution < -0.4 is 0 Å². The first-order valence-electron chi connectivity index (χ1n) is 3.50. The van der Waals surface area contributed by atoms with Crippen molar-refractivity contribution < 1.29 is 0 Å². The van der Waals surface area contributed by atoms with Gasteiger partial charge in [0.1, 0.15) is 0 Å². The fourth-order valence-electron chi connectivity index (χ4n) is 0.771. The summed E-state index contributed by atoms with van der Waals surface area (Å²) in [6.45, 7) is 0. The molecule has 0 aliphatic rings. The van der Waals surface area contributed by atoms with Crippen molar-refractivity contribution in [2.24, 2.45) is 0 Å². The highest BCUT2D eigenvalue weighted by Crippen LogP contribution is 2.35. The molecular weight excluding hydrogens is 249 g/mol. The Morgan fingerprint density at radius 2 is 1.54 bits per heavy atom. The van der Waals surface area contributed by atoms with Crippen LogP contribution in [0.4, 0.5) is 0 Å². The SMILES string of the molecule is CN(C)Sc1cc(Cl)c(Cl)cc1Cl. The van der Waals surface area contributed by atoms with E-state index in [1.165, 1.54) is 11.9 Å². The molecule has 0 heterocycles. The van der Waals surface area contributed by atoms with E-state index in [1.807, 2.05) is 18.4 Å². The monoisotopic (exact) mass is 255 g/mol. The van der Waals surface area contributed by atoms with Gasteiger partial charge in [0.15, 0.2) is 0 Å². The van der Waals surface area contributed by atoms with E-state index in [9.17, 15) is 0 Å². The van der Waals surface area contributed by atoms with Crippen LogP contribution in [0.1, 0.15) is 0 Å². The highest BCUT2D eigenvalue weighted by molar-refractivity contribution is 7.97. The third-order valence-electron chi connectivity index (χ3n) is 1.26. The van der Waals surface area contributed by atoms with Crippen LogP contribution in [0.5, 0.6) is 0 Å². The van der Waals surface area contributed by atoms with E-state index in [0.717, 1.165) is 4.90 Å². The second-order valence-corrected chi connectivity index (χ2v) is 5.17. The van der Waals surface area contributed by atoms with Crippen molar-refractivity contribution in [3.8, 4) is 0 Å². The summed E-state index contributed by atoms with van der Waals surface area (Å²) in [5.74, 6) is 0. The van der Waals surface area contributed by atoms with Crippen molar-refractivity contribution in [3.05, 3.63) is 27.2 Å². The van der Waals surface area contributed by atoms with Gasteiger partial charge in [0.2, 0.25) is 0 Å². The summed E-state index contributed by atoms with van der Waals surface area (Å²) in [7, 11) is 3.87. The Bertz CT molecular complexity index is 315. The van der Waals surface area contributed by atoms with Gasteiger partial charge in [-0.2, -0.15) is 0 Å². The molecule has 0 saturated heterocycles. The normalized spacial score (nSPS) is 10.9. The van der Waals surface area contributed by atoms with Crippen molar-refractivity contribution in [2.45, 2.75) is 4.90 Å². The lowest BCUT2D eigenvalue weighted by Crippen LogP contribution is -1.98. The number of nitrogens with zero attached hydrogens (tertiary/aromatic N) is 1. The van der Waals surface area contributed by atoms with E-state index in [2.05, 4.69) is 0 Å². The van der Waals surface area contributed by atoms with Crippen molar-refractivity contribution in [1.82, 2.24) is 4.31 Å². The van der Waals surface area contributed by atoms with Crippen LogP contribution >= 0.6 is 46.8 Å². The van der Waals surface area contributed by atoms with Gasteiger partial charge in [-0.05, 0) is 38.2 Å². The quantitative estimate of drug-likeness (QED) is 0.576. The Labute approximate surface area is 97.1 Å². The predicted octanol–water partition coefficient (Wildman–Crippen LogP) is 4.22. The molecule has 1 aromatic carbocycles. The summed E-state index contributed by atoms with van der Waals surface area (Å²) in [5, 5.41) is 1.62. The molecule has 0 atom stereocenters. The van der Waals surface area contributed by atoms with Crippen LogP contribution in [0, 0.1) is 0 Å². The fourth-order valence-corrected chi connectivity index (χ4v) is 2.20. The molecular formula is C8H8Cl3NS. The zero-order valence-corrected chi connectivity index (χ0v) is 10.2. The fraction of sp³-hybridized carbons (Fsp3) is 0.250. The third kappa shape index (κ3) is 3.22. The van der Waals surface area contributed by atoms with Crippen LogP contribution in [0.15, 0.2) is 17.0 Å². The summed E-state index contributed by atoms with van der Waals surface area (Å²) >= 11 is 19.1. The molecule has 0 aliphatic heterocycles. The Morgan fingerprint density at radius 1 is 1.00 bits per heavy atom. The molecule has 0 fully saturated rings. The topological polar surface area (TPSA) is 3.24 Å². The molecule has 0 bridgehead atoms. The van der Waals surface area contributed by atoms with Crippen LogP contribution in [0.25, 0.3) is 0 Å². The highest BCUT2D eigenvalue weighted by atomic mass is 35.5. The van der Waals surface area contributed by atoms with Gasteiger partial charge in [-0.1, -0.05) is 34.8 Å². The van der Waals surface area contributed by atoms with Gasteiger partial charge >= 0.3 is 0 Å².